The normalized spacial score (nSPS) is 11.5. The van der Waals surface area contributed by atoms with Gasteiger partial charge in [-0.15, -0.1) is 0 Å². The van der Waals surface area contributed by atoms with Gasteiger partial charge in [-0.3, -0.25) is 4.79 Å². The minimum atomic E-state index is -0.894. The van der Waals surface area contributed by atoms with Gasteiger partial charge in [0.2, 0.25) is 0 Å². The highest BCUT2D eigenvalue weighted by Crippen LogP contribution is 2.08. The lowest BCUT2D eigenvalue weighted by atomic mass is 10.1. The number of urea groups is 1. The average Bonchev–Trinajstić information content (AvgIpc) is 2.48. The van der Waals surface area contributed by atoms with E-state index in [0.29, 0.717) is 26.0 Å². The molecule has 0 fully saturated rings. The summed E-state index contributed by atoms with van der Waals surface area (Å²) in [5.41, 5.74) is 0. The monoisotopic (exact) mass is 294 g/mol. The molecule has 1 rings (SSSR count). The average molecular weight is 294 g/mol. The SMILES string of the molecule is CCC(CNC(=O)NCCCOc1ccccc1)C(=O)O. The van der Waals surface area contributed by atoms with Crippen LogP contribution in [-0.4, -0.2) is 36.8 Å². The first-order valence-corrected chi connectivity index (χ1v) is 7.05. The van der Waals surface area contributed by atoms with Gasteiger partial charge in [-0.05, 0) is 25.0 Å². The topological polar surface area (TPSA) is 87.7 Å². The number of aliphatic carboxylic acids is 1. The second kappa shape index (κ2) is 9.63. The molecule has 116 valence electrons. The van der Waals surface area contributed by atoms with Crippen molar-refractivity contribution in [1.29, 1.82) is 0 Å². The van der Waals surface area contributed by atoms with Crippen molar-refractivity contribution in [2.24, 2.45) is 5.92 Å². The third-order valence-electron chi connectivity index (χ3n) is 2.97. The second-order valence-electron chi connectivity index (χ2n) is 4.60. The number of carbonyl (C=O) groups excluding carboxylic acids is 1. The lowest BCUT2D eigenvalue weighted by molar-refractivity contribution is -0.141. The van der Waals surface area contributed by atoms with Crippen molar-refractivity contribution in [3.8, 4) is 5.75 Å². The number of nitrogens with one attached hydrogen (secondary N) is 2. The second-order valence-corrected chi connectivity index (χ2v) is 4.60. The van der Waals surface area contributed by atoms with E-state index in [1.54, 1.807) is 6.92 Å². The molecule has 0 heterocycles. The molecule has 3 N–H and O–H groups in total. The molecule has 1 aromatic carbocycles. The summed E-state index contributed by atoms with van der Waals surface area (Å²) < 4.78 is 5.49. The van der Waals surface area contributed by atoms with E-state index in [0.717, 1.165) is 5.75 Å². The molecule has 0 bridgehead atoms. The molecule has 2 amide bonds. The number of ether oxygens (including phenoxy) is 1. The van der Waals surface area contributed by atoms with Gasteiger partial charge in [-0.2, -0.15) is 0 Å². The molecule has 0 saturated heterocycles. The number of benzene rings is 1. The van der Waals surface area contributed by atoms with Crippen LogP contribution in [-0.2, 0) is 4.79 Å². The zero-order valence-electron chi connectivity index (χ0n) is 12.2. The van der Waals surface area contributed by atoms with Gasteiger partial charge < -0.3 is 20.5 Å². The van der Waals surface area contributed by atoms with Crippen molar-refractivity contribution in [2.75, 3.05) is 19.7 Å². The van der Waals surface area contributed by atoms with Gasteiger partial charge in [0.05, 0.1) is 12.5 Å². The predicted octanol–water partition coefficient (Wildman–Crippen LogP) is 1.87. The number of amides is 2. The predicted molar refractivity (Wildman–Crippen MR) is 79.4 cm³/mol. The molecule has 1 unspecified atom stereocenters. The summed E-state index contributed by atoms with van der Waals surface area (Å²) in [5, 5.41) is 14.1. The Labute approximate surface area is 124 Å². The van der Waals surface area contributed by atoms with Gasteiger partial charge in [-0.1, -0.05) is 25.1 Å². The highest BCUT2D eigenvalue weighted by Gasteiger charge is 2.15. The number of carboxylic acids is 1. The van der Waals surface area contributed by atoms with Crippen LogP contribution in [0.4, 0.5) is 4.79 Å². The Morgan fingerprint density at radius 3 is 2.57 bits per heavy atom. The molecular formula is C15H22N2O4. The van der Waals surface area contributed by atoms with Crippen LogP contribution in [0.5, 0.6) is 5.75 Å². The van der Waals surface area contributed by atoms with Crippen molar-refractivity contribution >= 4 is 12.0 Å². The lowest BCUT2D eigenvalue weighted by Crippen LogP contribution is -2.40. The Kier molecular flexibility index (Phi) is 7.71. The van der Waals surface area contributed by atoms with Crippen LogP contribution >= 0.6 is 0 Å². The van der Waals surface area contributed by atoms with Crippen molar-refractivity contribution in [2.45, 2.75) is 19.8 Å². The van der Waals surface area contributed by atoms with Crippen molar-refractivity contribution in [3.05, 3.63) is 30.3 Å². The van der Waals surface area contributed by atoms with E-state index in [2.05, 4.69) is 10.6 Å². The summed E-state index contributed by atoms with van der Waals surface area (Å²) in [6, 6.07) is 9.10. The summed E-state index contributed by atoms with van der Waals surface area (Å²) in [7, 11) is 0. The number of hydrogen-bond donors (Lipinski definition) is 3. The highest BCUT2D eigenvalue weighted by molar-refractivity contribution is 5.75. The molecule has 0 aliphatic rings. The van der Waals surface area contributed by atoms with Crippen molar-refractivity contribution in [3.63, 3.8) is 0 Å². The summed E-state index contributed by atoms with van der Waals surface area (Å²) in [6.07, 6.45) is 1.17. The van der Waals surface area contributed by atoms with Crippen molar-refractivity contribution < 1.29 is 19.4 Å². The number of rotatable bonds is 9. The van der Waals surface area contributed by atoms with E-state index in [1.165, 1.54) is 0 Å². The largest absolute Gasteiger partial charge is 0.494 e. The Morgan fingerprint density at radius 2 is 1.95 bits per heavy atom. The molecule has 21 heavy (non-hydrogen) atoms. The van der Waals surface area contributed by atoms with Gasteiger partial charge in [0.1, 0.15) is 5.75 Å². The van der Waals surface area contributed by atoms with Gasteiger partial charge in [0.25, 0.3) is 0 Å². The third-order valence-corrected chi connectivity index (χ3v) is 2.97. The first kappa shape index (κ1) is 16.8. The minimum Gasteiger partial charge on any atom is -0.494 e. The van der Waals surface area contributed by atoms with Crippen LogP contribution in [0, 0.1) is 5.92 Å². The maximum absolute atomic E-state index is 11.5. The Hall–Kier alpha value is -2.24. The van der Waals surface area contributed by atoms with E-state index in [4.69, 9.17) is 9.84 Å². The molecule has 0 aliphatic heterocycles. The van der Waals surface area contributed by atoms with Gasteiger partial charge in [0.15, 0.2) is 0 Å². The molecule has 1 atom stereocenters. The zero-order valence-corrected chi connectivity index (χ0v) is 12.2. The fourth-order valence-corrected chi connectivity index (χ4v) is 1.67. The van der Waals surface area contributed by atoms with E-state index >= 15 is 0 Å². The summed E-state index contributed by atoms with van der Waals surface area (Å²) in [5.74, 6) is -0.638. The van der Waals surface area contributed by atoms with E-state index < -0.39 is 11.9 Å². The summed E-state index contributed by atoms with van der Waals surface area (Å²) in [4.78, 5) is 22.3. The molecular weight excluding hydrogens is 272 g/mol. The number of para-hydroxylation sites is 1. The van der Waals surface area contributed by atoms with Crippen LogP contribution in [0.3, 0.4) is 0 Å². The van der Waals surface area contributed by atoms with Crippen LogP contribution in [0.25, 0.3) is 0 Å². The third kappa shape index (κ3) is 7.20. The lowest BCUT2D eigenvalue weighted by Gasteiger charge is -2.12. The quantitative estimate of drug-likeness (QED) is 0.607. The zero-order chi connectivity index (χ0) is 15.5. The van der Waals surface area contributed by atoms with Gasteiger partial charge >= 0.3 is 12.0 Å². The molecule has 0 radical (unpaired) electrons. The van der Waals surface area contributed by atoms with Gasteiger partial charge in [-0.25, -0.2) is 4.79 Å². The van der Waals surface area contributed by atoms with Crippen LogP contribution in [0.2, 0.25) is 0 Å². The summed E-state index contributed by atoms with van der Waals surface area (Å²) in [6.45, 7) is 2.90. The Bertz CT molecular complexity index is 437. The molecule has 1 aromatic rings. The Morgan fingerprint density at radius 1 is 1.24 bits per heavy atom. The number of hydrogen-bond acceptors (Lipinski definition) is 3. The molecule has 0 aliphatic carbocycles. The fourth-order valence-electron chi connectivity index (χ4n) is 1.67. The van der Waals surface area contributed by atoms with Crippen LogP contribution < -0.4 is 15.4 Å². The maximum atomic E-state index is 11.5. The molecule has 0 spiro atoms. The van der Waals surface area contributed by atoms with E-state index in [-0.39, 0.29) is 12.6 Å². The number of carboxylic acid groups (broad SMARTS) is 1. The van der Waals surface area contributed by atoms with E-state index in [9.17, 15) is 9.59 Å². The van der Waals surface area contributed by atoms with Gasteiger partial charge in [0, 0.05) is 13.1 Å². The molecule has 6 heteroatoms. The van der Waals surface area contributed by atoms with Crippen molar-refractivity contribution in [1.82, 2.24) is 10.6 Å². The molecule has 6 nitrogen and oxygen atoms in total. The molecule has 0 saturated carbocycles. The maximum Gasteiger partial charge on any atom is 0.314 e. The smallest absolute Gasteiger partial charge is 0.314 e. The first-order valence-electron chi connectivity index (χ1n) is 7.05. The number of carbonyl (C=O) groups is 2. The fraction of sp³-hybridized carbons (Fsp3) is 0.467. The first-order chi connectivity index (χ1) is 10.1. The summed E-state index contributed by atoms with van der Waals surface area (Å²) >= 11 is 0. The van der Waals surface area contributed by atoms with Crippen LogP contribution in [0.1, 0.15) is 19.8 Å². The van der Waals surface area contributed by atoms with E-state index in [1.807, 2.05) is 30.3 Å². The van der Waals surface area contributed by atoms with Crippen LogP contribution in [0.15, 0.2) is 30.3 Å². The standard InChI is InChI=1S/C15H22N2O4/c1-2-12(14(18)19)11-17-15(20)16-9-6-10-21-13-7-4-3-5-8-13/h3-5,7-8,12H,2,6,9-11H2,1H3,(H,18,19)(H2,16,17,20). The molecule has 0 aromatic heterocycles. The Balaban J connectivity index is 2.07. The highest BCUT2D eigenvalue weighted by atomic mass is 16.5. The minimum absolute atomic E-state index is 0.137.